The van der Waals surface area contributed by atoms with Crippen LogP contribution in [0.25, 0.3) is 0 Å². The van der Waals surface area contributed by atoms with E-state index in [0.717, 1.165) is 13.2 Å². The molecule has 0 saturated heterocycles. The van der Waals surface area contributed by atoms with E-state index in [1.165, 1.54) is 6.07 Å². The van der Waals surface area contributed by atoms with Crippen molar-refractivity contribution in [2.75, 3.05) is 7.11 Å². The Morgan fingerprint density at radius 3 is 2.62 bits per heavy atom. The van der Waals surface area contributed by atoms with E-state index in [4.69, 9.17) is 23.2 Å². The van der Waals surface area contributed by atoms with Gasteiger partial charge >= 0.3 is 5.97 Å². The zero-order valence-electron chi connectivity index (χ0n) is 6.61. The maximum Gasteiger partial charge on any atom is 0.342 e. The summed E-state index contributed by atoms with van der Waals surface area (Å²) in [7, 11) is 1.14. The second kappa shape index (κ2) is 3.94. The lowest BCUT2D eigenvalue weighted by Gasteiger charge is -2.04. The molecule has 0 amide bonds. The highest BCUT2D eigenvalue weighted by Crippen LogP contribution is 2.28. The molecule has 2 nitrogen and oxygen atoms in total. The number of rotatable bonds is 1. The van der Waals surface area contributed by atoms with E-state index >= 15 is 0 Å². The fourth-order valence-corrected chi connectivity index (χ4v) is 1.20. The van der Waals surface area contributed by atoms with E-state index in [0.29, 0.717) is 0 Å². The summed E-state index contributed by atoms with van der Waals surface area (Å²) in [6.45, 7) is 0. The number of esters is 1. The number of hydrogen-bond donors (Lipinski definition) is 0. The van der Waals surface area contributed by atoms with Crippen molar-refractivity contribution in [3.05, 3.63) is 33.6 Å². The molecule has 0 radical (unpaired) electrons. The van der Waals surface area contributed by atoms with Crippen LogP contribution in [0.5, 0.6) is 0 Å². The van der Waals surface area contributed by atoms with E-state index < -0.39 is 11.8 Å². The number of carbonyl (C=O) groups is 1. The summed E-state index contributed by atoms with van der Waals surface area (Å²) in [6, 6.07) is 2.33. The van der Waals surface area contributed by atoms with Crippen LogP contribution in [0.15, 0.2) is 12.1 Å². The van der Waals surface area contributed by atoms with E-state index in [1.807, 2.05) is 0 Å². The van der Waals surface area contributed by atoms with Crippen LogP contribution in [0.1, 0.15) is 10.4 Å². The van der Waals surface area contributed by atoms with E-state index in [9.17, 15) is 9.18 Å². The first-order valence-corrected chi connectivity index (χ1v) is 4.05. The Balaban J connectivity index is 3.33. The minimum atomic E-state index is -0.843. The highest BCUT2D eigenvalue weighted by atomic mass is 35.5. The Labute approximate surface area is 84.2 Å². The zero-order valence-corrected chi connectivity index (χ0v) is 8.12. The molecule has 1 rings (SSSR count). The van der Waals surface area contributed by atoms with Crippen molar-refractivity contribution < 1.29 is 13.9 Å². The number of halogens is 3. The van der Waals surface area contributed by atoms with Crippen molar-refractivity contribution in [3.63, 3.8) is 0 Å². The zero-order chi connectivity index (χ0) is 10.0. The Bertz CT molecular complexity index is 352. The molecular formula is C8H5Cl2FO2. The van der Waals surface area contributed by atoms with Crippen LogP contribution in [0.2, 0.25) is 10.0 Å². The summed E-state index contributed by atoms with van der Waals surface area (Å²) >= 11 is 11.2. The van der Waals surface area contributed by atoms with Crippen molar-refractivity contribution in [2.24, 2.45) is 0 Å². The number of hydrogen-bond acceptors (Lipinski definition) is 2. The average Bonchev–Trinajstić information content (AvgIpc) is 2.12. The van der Waals surface area contributed by atoms with Gasteiger partial charge in [-0.3, -0.25) is 0 Å². The Kier molecular flexibility index (Phi) is 3.12. The summed E-state index contributed by atoms with van der Waals surface area (Å²) in [5, 5.41) is -0.0167. The van der Waals surface area contributed by atoms with Crippen molar-refractivity contribution in [2.45, 2.75) is 0 Å². The van der Waals surface area contributed by atoms with Gasteiger partial charge in [0.1, 0.15) is 11.4 Å². The average molecular weight is 223 g/mol. The Morgan fingerprint density at radius 1 is 1.46 bits per heavy atom. The molecule has 0 N–H and O–H groups in total. The molecule has 0 aliphatic rings. The first-order valence-electron chi connectivity index (χ1n) is 3.29. The van der Waals surface area contributed by atoms with Gasteiger partial charge in [-0.15, -0.1) is 0 Å². The van der Waals surface area contributed by atoms with Gasteiger partial charge in [0.05, 0.1) is 17.2 Å². The van der Waals surface area contributed by atoms with Crippen LogP contribution in [-0.2, 0) is 4.74 Å². The lowest BCUT2D eigenvalue weighted by atomic mass is 10.2. The van der Waals surface area contributed by atoms with Crippen molar-refractivity contribution in [1.82, 2.24) is 0 Å². The number of ether oxygens (including phenoxy) is 1. The van der Waals surface area contributed by atoms with Gasteiger partial charge in [0.2, 0.25) is 0 Å². The van der Waals surface area contributed by atoms with Crippen LogP contribution in [0.4, 0.5) is 4.39 Å². The van der Waals surface area contributed by atoms with Gasteiger partial charge in [-0.25, -0.2) is 9.18 Å². The minimum Gasteiger partial charge on any atom is -0.465 e. The smallest absolute Gasteiger partial charge is 0.342 e. The molecule has 1 aromatic carbocycles. The second-order valence-corrected chi connectivity index (χ2v) is 2.99. The van der Waals surface area contributed by atoms with Gasteiger partial charge in [-0.05, 0) is 12.1 Å². The highest BCUT2D eigenvalue weighted by Gasteiger charge is 2.18. The minimum absolute atomic E-state index is 0.114. The summed E-state index contributed by atoms with van der Waals surface area (Å²) in [5.41, 5.74) is -0.336. The van der Waals surface area contributed by atoms with Gasteiger partial charge in [0, 0.05) is 0 Å². The summed E-state index contributed by atoms with van der Waals surface area (Å²) in [4.78, 5) is 11.0. The highest BCUT2D eigenvalue weighted by molar-refractivity contribution is 6.43. The maximum atomic E-state index is 13.0. The van der Waals surface area contributed by atoms with E-state index in [2.05, 4.69) is 4.74 Å². The molecule has 0 spiro atoms. The first-order chi connectivity index (χ1) is 6.07. The molecule has 13 heavy (non-hydrogen) atoms. The quantitative estimate of drug-likeness (QED) is 0.540. The monoisotopic (exact) mass is 222 g/mol. The van der Waals surface area contributed by atoms with E-state index in [1.54, 1.807) is 0 Å². The third-order valence-corrected chi connectivity index (χ3v) is 2.24. The first kappa shape index (κ1) is 10.3. The van der Waals surface area contributed by atoms with Gasteiger partial charge in [0.25, 0.3) is 0 Å². The number of benzene rings is 1. The molecule has 0 aliphatic heterocycles. The van der Waals surface area contributed by atoms with Crippen LogP contribution < -0.4 is 0 Å². The van der Waals surface area contributed by atoms with Crippen LogP contribution in [0, 0.1) is 5.82 Å². The third-order valence-electron chi connectivity index (χ3n) is 1.43. The van der Waals surface area contributed by atoms with Crippen LogP contribution in [-0.4, -0.2) is 13.1 Å². The third kappa shape index (κ3) is 1.92. The predicted octanol–water partition coefficient (Wildman–Crippen LogP) is 2.92. The molecule has 1 aromatic rings. The molecule has 0 aromatic heterocycles. The van der Waals surface area contributed by atoms with Gasteiger partial charge in [-0.1, -0.05) is 23.2 Å². The van der Waals surface area contributed by atoms with Crippen molar-refractivity contribution in [1.29, 1.82) is 0 Å². The molecule has 0 heterocycles. The molecule has 70 valence electrons. The molecule has 0 aliphatic carbocycles. The van der Waals surface area contributed by atoms with Gasteiger partial charge in [0.15, 0.2) is 0 Å². The van der Waals surface area contributed by atoms with Gasteiger partial charge in [-0.2, -0.15) is 0 Å². The molecule has 0 saturated carbocycles. The lowest BCUT2D eigenvalue weighted by molar-refractivity contribution is 0.0595. The summed E-state index contributed by atoms with van der Waals surface area (Å²) < 4.78 is 17.4. The SMILES string of the molecule is COC(=O)c1c(F)ccc(Cl)c1Cl. The molecule has 0 bridgehead atoms. The number of methoxy groups -OCH3 is 1. The second-order valence-electron chi connectivity index (χ2n) is 2.21. The standard InChI is InChI=1S/C8H5Cl2FO2/c1-13-8(12)6-5(11)3-2-4(9)7(6)10/h2-3H,1H3. The predicted molar refractivity (Wildman–Crippen MR) is 47.8 cm³/mol. The molecular weight excluding hydrogens is 218 g/mol. The summed E-state index contributed by atoms with van der Waals surface area (Å²) in [5.74, 6) is -1.59. The summed E-state index contributed by atoms with van der Waals surface area (Å²) in [6.07, 6.45) is 0. The topological polar surface area (TPSA) is 26.3 Å². The largest absolute Gasteiger partial charge is 0.465 e. The van der Waals surface area contributed by atoms with E-state index in [-0.39, 0.29) is 15.6 Å². The molecule has 0 unspecified atom stereocenters. The van der Waals surface area contributed by atoms with Crippen molar-refractivity contribution >= 4 is 29.2 Å². The van der Waals surface area contributed by atoms with Crippen LogP contribution in [0.3, 0.4) is 0 Å². The fourth-order valence-electron chi connectivity index (χ4n) is 0.816. The fraction of sp³-hybridized carbons (Fsp3) is 0.125. The van der Waals surface area contributed by atoms with Crippen molar-refractivity contribution in [3.8, 4) is 0 Å². The molecule has 0 atom stereocenters. The van der Waals surface area contributed by atoms with Crippen LogP contribution >= 0.6 is 23.2 Å². The Morgan fingerprint density at radius 2 is 2.08 bits per heavy atom. The number of carbonyl (C=O) groups excluding carboxylic acids is 1. The van der Waals surface area contributed by atoms with Gasteiger partial charge < -0.3 is 4.74 Å². The normalized spacial score (nSPS) is 9.85. The molecule has 0 fully saturated rings. The maximum absolute atomic E-state index is 13.0. The molecule has 5 heteroatoms. The lowest BCUT2D eigenvalue weighted by Crippen LogP contribution is -2.05. The Hall–Kier alpha value is -0.800.